The molecule has 1 aromatic carbocycles. The Morgan fingerprint density at radius 3 is 2.75 bits per heavy atom. The van der Waals surface area contributed by atoms with E-state index in [2.05, 4.69) is 48.0 Å². The molecule has 1 saturated heterocycles. The maximum absolute atomic E-state index is 3.50. The Bertz CT molecular complexity index is 435. The number of nitrogens with zero attached hydrogens (tertiary/aromatic N) is 1. The summed E-state index contributed by atoms with van der Waals surface area (Å²) in [6, 6.07) is 10.8. The summed E-state index contributed by atoms with van der Waals surface area (Å²) in [4.78, 5) is 2.49. The second-order valence-electron chi connectivity index (χ2n) is 5.90. The molecule has 0 saturated carbocycles. The van der Waals surface area contributed by atoms with Crippen molar-refractivity contribution in [1.82, 2.24) is 10.2 Å². The van der Waals surface area contributed by atoms with E-state index < -0.39 is 0 Å². The zero-order valence-electron chi connectivity index (χ0n) is 12.7. The van der Waals surface area contributed by atoms with Crippen LogP contribution in [0.3, 0.4) is 0 Å². The summed E-state index contributed by atoms with van der Waals surface area (Å²) in [6.45, 7) is 8.90. The molecule has 2 nitrogen and oxygen atoms in total. The maximum atomic E-state index is 3.50. The van der Waals surface area contributed by atoms with Crippen LogP contribution in [0.4, 0.5) is 0 Å². The van der Waals surface area contributed by atoms with Gasteiger partial charge in [-0.2, -0.15) is 0 Å². The summed E-state index contributed by atoms with van der Waals surface area (Å²) >= 11 is 0. The Morgan fingerprint density at radius 1 is 1.30 bits per heavy atom. The molecule has 1 atom stereocenters. The fraction of sp³-hybridized carbons (Fsp3) is 0.556. The molecule has 0 radical (unpaired) electrons. The molecule has 1 aromatic rings. The van der Waals surface area contributed by atoms with Crippen molar-refractivity contribution in [3.8, 4) is 11.8 Å². The van der Waals surface area contributed by atoms with Gasteiger partial charge >= 0.3 is 0 Å². The topological polar surface area (TPSA) is 15.3 Å². The lowest BCUT2D eigenvalue weighted by molar-refractivity contribution is 0.191. The molecule has 1 N–H and O–H groups in total. The monoisotopic (exact) mass is 270 g/mol. The number of hydrogen-bond acceptors (Lipinski definition) is 2. The number of piperidine rings is 1. The van der Waals surface area contributed by atoms with Gasteiger partial charge in [-0.05, 0) is 57.8 Å². The van der Waals surface area contributed by atoms with E-state index in [1.54, 1.807) is 0 Å². The van der Waals surface area contributed by atoms with Crippen molar-refractivity contribution in [3.05, 3.63) is 35.9 Å². The van der Waals surface area contributed by atoms with E-state index in [9.17, 15) is 0 Å². The summed E-state index contributed by atoms with van der Waals surface area (Å²) in [5, 5.41) is 3.50. The maximum Gasteiger partial charge on any atom is 0.0607 e. The quantitative estimate of drug-likeness (QED) is 0.846. The predicted molar refractivity (Wildman–Crippen MR) is 85.6 cm³/mol. The first kappa shape index (κ1) is 15.1. The molecule has 0 aliphatic carbocycles. The Balaban J connectivity index is 1.87. The molecule has 1 aliphatic rings. The van der Waals surface area contributed by atoms with Crippen LogP contribution < -0.4 is 5.32 Å². The minimum absolute atomic E-state index is 0.557. The average Bonchev–Trinajstić information content (AvgIpc) is 2.48. The minimum Gasteiger partial charge on any atom is -0.316 e. The molecule has 1 unspecified atom stereocenters. The first-order valence-electron chi connectivity index (χ1n) is 7.74. The third kappa shape index (κ3) is 5.00. The molecule has 1 fully saturated rings. The molecule has 0 bridgehead atoms. The Morgan fingerprint density at radius 2 is 2.10 bits per heavy atom. The summed E-state index contributed by atoms with van der Waals surface area (Å²) in [7, 11) is 0. The Hall–Kier alpha value is -1.30. The lowest BCUT2D eigenvalue weighted by atomic mass is 9.98. The molecule has 0 amide bonds. The summed E-state index contributed by atoms with van der Waals surface area (Å²) in [5.41, 5.74) is 1.11. The van der Waals surface area contributed by atoms with Crippen molar-refractivity contribution >= 4 is 0 Å². The fourth-order valence-corrected chi connectivity index (χ4v) is 2.63. The highest BCUT2D eigenvalue weighted by Crippen LogP contribution is 2.13. The van der Waals surface area contributed by atoms with Crippen molar-refractivity contribution in [2.24, 2.45) is 5.92 Å². The molecule has 20 heavy (non-hydrogen) atoms. The van der Waals surface area contributed by atoms with Gasteiger partial charge in [-0.15, -0.1) is 0 Å². The zero-order valence-corrected chi connectivity index (χ0v) is 12.7. The highest BCUT2D eigenvalue weighted by atomic mass is 15.1. The third-order valence-corrected chi connectivity index (χ3v) is 3.91. The number of benzene rings is 1. The molecule has 2 rings (SSSR count). The highest BCUT2D eigenvalue weighted by Gasteiger charge is 2.17. The molecule has 1 aliphatic heterocycles. The van der Waals surface area contributed by atoms with Gasteiger partial charge in [0.15, 0.2) is 0 Å². The normalized spacial score (nSPS) is 18.9. The van der Waals surface area contributed by atoms with Gasteiger partial charge in [-0.25, -0.2) is 0 Å². The van der Waals surface area contributed by atoms with Gasteiger partial charge < -0.3 is 5.32 Å². The summed E-state index contributed by atoms with van der Waals surface area (Å²) < 4.78 is 0. The van der Waals surface area contributed by atoms with Crippen molar-refractivity contribution in [2.75, 3.05) is 26.2 Å². The second kappa shape index (κ2) is 8.09. The first-order valence-corrected chi connectivity index (χ1v) is 7.74. The van der Waals surface area contributed by atoms with Crippen LogP contribution >= 0.6 is 0 Å². The van der Waals surface area contributed by atoms with Gasteiger partial charge in [0.25, 0.3) is 0 Å². The Labute approximate surface area is 123 Å². The van der Waals surface area contributed by atoms with Crippen molar-refractivity contribution < 1.29 is 0 Å². The van der Waals surface area contributed by atoms with E-state index in [1.807, 2.05) is 18.2 Å². The lowest BCUT2D eigenvalue weighted by Gasteiger charge is -2.31. The molecule has 2 heteroatoms. The zero-order chi connectivity index (χ0) is 14.2. The molecule has 0 spiro atoms. The van der Waals surface area contributed by atoms with E-state index in [-0.39, 0.29) is 0 Å². The highest BCUT2D eigenvalue weighted by molar-refractivity contribution is 5.33. The van der Waals surface area contributed by atoms with Crippen LogP contribution in [-0.2, 0) is 0 Å². The SMILES string of the molecule is CC(C)N(CC#Cc1ccccc1)CC1CCCNC1. The first-order chi connectivity index (χ1) is 9.75. The van der Waals surface area contributed by atoms with Crippen molar-refractivity contribution in [3.63, 3.8) is 0 Å². The van der Waals surface area contributed by atoms with Gasteiger partial charge in [-0.3, -0.25) is 4.90 Å². The molecule has 1 heterocycles. The molecule has 0 aromatic heterocycles. The van der Waals surface area contributed by atoms with Gasteiger partial charge in [-0.1, -0.05) is 30.0 Å². The Kier molecular flexibility index (Phi) is 6.11. The predicted octanol–water partition coefficient (Wildman–Crippen LogP) is 2.75. The van der Waals surface area contributed by atoms with Crippen LogP contribution in [0.25, 0.3) is 0 Å². The van der Waals surface area contributed by atoms with Crippen LogP contribution in [-0.4, -0.2) is 37.1 Å². The van der Waals surface area contributed by atoms with Crippen LogP contribution in [0, 0.1) is 17.8 Å². The van der Waals surface area contributed by atoms with Crippen LogP contribution in [0.5, 0.6) is 0 Å². The van der Waals surface area contributed by atoms with E-state index in [0.717, 1.165) is 31.1 Å². The van der Waals surface area contributed by atoms with Crippen molar-refractivity contribution in [1.29, 1.82) is 0 Å². The van der Waals surface area contributed by atoms with Crippen LogP contribution in [0.15, 0.2) is 30.3 Å². The summed E-state index contributed by atoms with van der Waals surface area (Å²) in [5.74, 6) is 7.37. The summed E-state index contributed by atoms with van der Waals surface area (Å²) in [6.07, 6.45) is 2.66. The van der Waals surface area contributed by atoms with E-state index in [0.29, 0.717) is 6.04 Å². The number of rotatable bonds is 4. The molecule has 108 valence electrons. The molecular weight excluding hydrogens is 244 g/mol. The van der Waals surface area contributed by atoms with E-state index in [1.165, 1.54) is 19.4 Å². The van der Waals surface area contributed by atoms with E-state index in [4.69, 9.17) is 0 Å². The average molecular weight is 270 g/mol. The van der Waals surface area contributed by atoms with Gasteiger partial charge in [0.05, 0.1) is 6.54 Å². The second-order valence-corrected chi connectivity index (χ2v) is 5.90. The van der Waals surface area contributed by atoms with Gasteiger partial charge in [0, 0.05) is 18.2 Å². The van der Waals surface area contributed by atoms with Gasteiger partial charge in [0.1, 0.15) is 0 Å². The lowest BCUT2D eigenvalue weighted by Crippen LogP contribution is -2.41. The minimum atomic E-state index is 0.557. The van der Waals surface area contributed by atoms with E-state index >= 15 is 0 Å². The van der Waals surface area contributed by atoms with Crippen molar-refractivity contribution in [2.45, 2.75) is 32.7 Å². The third-order valence-electron chi connectivity index (χ3n) is 3.91. The number of hydrogen-bond donors (Lipinski definition) is 1. The number of nitrogens with one attached hydrogen (secondary N) is 1. The fourth-order valence-electron chi connectivity index (χ4n) is 2.63. The standard InChI is InChI=1S/C18H26N2/c1-16(2)20(15-18-10-6-12-19-14-18)13-7-11-17-8-4-3-5-9-17/h3-5,8-9,16,18-19H,6,10,12-15H2,1-2H3. The van der Waals surface area contributed by atoms with Crippen LogP contribution in [0.2, 0.25) is 0 Å². The smallest absolute Gasteiger partial charge is 0.0607 e. The van der Waals surface area contributed by atoms with Crippen LogP contribution in [0.1, 0.15) is 32.3 Å². The van der Waals surface area contributed by atoms with Gasteiger partial charge in [0.2, 0.25) is 0 Å². The molecular formula is C18H26N2. The largest absolute Gasteiger partial charge is 0.316 e.